The number of halogens is 5. The molecule has 5 nitrogen and oxygen atoms in total. The van der Waals surface area contributed by atoms with Crippen molar-refractivity contribution in [3.63, 3.8) is 0 Å². The Labute approximate surface area is 160 Å². The summed E-state index contributed by atoms with van der Waals surface area (Å²) in [7, 11) is 0. The Bertz CT molecular complexity index is 923. The lowest BCUT2D eigenvalue weighted by Gasteiger charge is -2.28. The molecule has 146 valence electrons. The van der Waals surface area contributed by atoms with E-state index in [1.165, 1.54) is 24.0 Å². The van der Waals surface area contributed by atoms with Gasteiger partial charge in [-0.25, -0.2) is 4.39 Å². The van der Waals surface area contributed by atoms with Gasteiger partial charge in [0.15, 0.2) is 12.4 Å². The van der Waals surface area contributed by atoms with E-state index < -0.39 is 37.0 Å². The van der Waals surface area contributed by atoms with Crippen LogP contribution in [0.1, 0.15) is 18.2 Å². The Morgan fingerprint density at radius 1 is 1.30 bits per heavy atom. The van der Waals surface area contributed by atoms with Crippen molar-refractivity contribution in [2.75, 3.05) is 13.2 Å². The second kappa shape index (κ2) is 7.14. The van der Waals surface area contributed by atoms with E-state index in [0.29, 0.717) is 16.6 Å². The molecule has 1 aliphatic rings. The third-order valence-corrected chi connectivity index (χ3v) is 5.01. The van der Waals surface area contributed by atoms with Crippen molar-refractivity contribution in [2.45, 2.75) is 32.6 Å². The number of hydrogen-bond donors (Lipinski definition) is 0. The third kappa shape index (κ3) is 3.95. The summed E-state index contributed by atoms with van der Waals surface area (Å²) in [5.74, 6) is -1.83. The molecule has 27 heavy (non-hydrogen) atoms. The van der Waals surface area contributed by atoms with E-state index in [2.05, 4.69) is 20.7 Å². The molecule has 1 aliphatic heterocycles. The molecule has 3 rings (SSSR count). The fourth-order valence-electron chi connectivity index (χ4n) is 3.30. The lowest BCUT2D eigenvalue weighted by atomic mass is 10.0. The van der Waals surface area contributed by atoms with Crippen LogP contribution in [0.5, 0.6) is 0 Å². The van der Waals surface area contributed by atoms with Crippen molar-refractivity contribution in [3.8, 4) is 0 Å². The molecule has 0 unspecified atom stereocenters. The van der Waals surface area contributed by atoms with E-state index in [4.69, 9.17) is 0 Å². The average Bonchev–Trinajstić information content (AvgIpc) is 2.88. The Morgan fingerprint density at radius 3 is 2.63 bits per heavy atom. The van der Waals surface area contributed by atoms with Crippen molar-refractivity contribution in [3.05, 3.63) is 33.7 Å². The first-order valence-corrected chi connectivity index (χ1v) is 8.83. The molecule has 0 saturated carbocycles. The summed E-state index contributed by atoms with van der Waals surface area (Å²) < 4.78 is 59.5. The van der Waals surface area contributed by atoms with Crippen LogP contribution in [0, 0.1) is 5.82 Å². The van der Waals surface area contributed by atoms with Gasteiger partial charge in [-0.2, -0.15) is 13.2 Å². The van der Waals surface area contributed by atoms with Crippen molar-refractivity contribution in [1.29, 1.82) is 0 Å². The van der Waals surface area contributed by atoms with Gasteiger partial charge >= 0.3 is 12.1 Å². The lowest BCUT2D eigenvalue weighted by Crippen LogP contribution is -2.39. The Morgan fingerprint density at radius 2 is 2.00 bits per heavy atom. The second-order valence-electron chi connectivity index (χ2n) is 6.23. The molecule has 1 aromatic heterocycles. The largest absolute Gasteiger partial charge is 0.456 e. The van der Waals surface area contributed by atoms with Gasteiger partial charge in [0.2, 0.25) is 0 Å². The Balaban J connectivity index is 2.03. The number of ether oxygens (including phenoxy) is 1. The highest BCUT2D eigenvalue weighted by atomic mass is 79.9. The van der Waals surface area contributed by atoms with Crippen LogP contribution in [-0.2, 0) is 33.8 Å². The summed E-state index contributed by atoms with van der Waals surface area (Å²) >= 11 is 3.01. The van der Waals surface area contributed by atoms with Gasteiger partial charge in [0.05, 0.1) is 9.99 Å². The van der Waals surface area contributed by atoms with Gasteiger partial charge in [-0.1, -0.05) is 6.07 Å². The van der Waals surface area contributed by atoms with E-state index in [1.807, 2.05) is 0 Å². The molecule has 0 N–H and O–H groups in total. The zero-order valence-corrected chi connectivity index (χ0v) is 15.8. The van der Waals surface area contributed by atoms with Gasteiger partial charge in [0.25, 0.3) is 5.91 Å². The molecule has 0 spiro atoms. The van der Waals surface area contributed by atoms with Gasteiger partial charge in [0.1, 0.15) is 6.54 Å². The first-order chi connectivity index (χ1) is 12.6. The number of carbonyl (C=O) groups excluding carboxylic acids is 2. The summed E-state index contributed by atoms with van der Waals surface area (Å²) in [4.78, 5) is 24.4. The van der Waals surface area contributed by atoms with Crippen LogP contribution < -0.4 is 0 Å². The zero-order valence-electron chi connectivity index (χ0n) is 14.2. The smallest absolute Gasteiger partial charge is 0.406 e. The molecular weight excluding hydrogens is 436 g/mol. The summed E-state index contributed by atoms with van der Waals surface area (Å²) in [6.07, 6.45) is -4.38. The minimum Gasteiger partial charge on any atom is -0.456 e. The number of esters is 1. The van der Waals surface area contributed by atoms with E-state index >= 15 is 0 Å². The number of alkyl halides is 3. The SMILES string of the molecule is CC(=O)OCC(=O)N1CCc2c(c3ccc(Br)c(F)c3n2CC(F)(F)F)C1. The predicted molar refractivity (Wildman–Crippen MR) is 91.4 cm³/mol. The van der Waals surface area contributed by atoms with Crippen LogP contribution in [0.3, 0.4) is 0 Å². The summed E-state index contributed by atoms with van der Waals surface area (Å²) in [6, 6.07) is 2.96. The molecule has 1 amide bonds. The molecule has 0 saturated heterocycles. The maximum Gasteiger partial charge on any atom is 0.406 e. The average molecular weight is 451 g/mol. The van der Waals surface area contributed by atoms with E-state index in [-0.39, 0.29) is 29.5 Å². The molecule has 10 heteroatoms. The first kappa shape index (κ1) is 19.7. The number of carbonyl (C=O) groups is 2. The number of benzene rings is 1. The monoisotopic (exact) mass is 450 g/mol. The number of hydrogen-bond acceptors (Lipinski definition) is 3. The van der Waals surface area contributed by atoms with Crippen LogP contribution in [-0.4, -0.2) is 40.7 Å². The van der Waals surface area contributed by atoms with Crippen molar-refractivity contribution in [1.82, 2.24) is 9.47 Å². The van der Waals surface area contributed by atoms with Gasteiger partial charge in [-0.3, -0.25) is 9.59 Å². The molecule has 0 radical (unpaired) electrons. The van der Waals surface area contributed by atoms with E-state index in [1.54, 1.807) is 0 Å². The molecule has 0 fully saturated rings. The highest BCUT2D eigenvalue weighted by Crippen LogP contribution is 2.36. The maximum absolute atomic E-state index is 14.6. The quantitative estimate of drug-likeness (QED) is 0.530. The van der Waals surface area contributed by atoms with Crippen LogP contribution in [0.25, 0.3) is 10.9 Å². The Kier molecular flexibility index (Phi) is 5.20. The number of fused-ring (bicyclic) bond motifs is 3. The number of amides is 1. The normalized spacial score (nSPS) is 14.4. The fourth-order valence-corrected chi connectivity index (χ4v) is 3.61. The molecule has 0 aliphatic carbocycles. The van der Waals surface area contributed by atoms with Crippen LogP contribution in [0.2, 0.25) is 0 Å². The lowest BCUT2D eigenvalue weighted by molar-refractivity contribution is -0.150. The highest BCUT2D eigenvalue weighted by molar-refractivity contribution is 9.10. The highest BCUT2D eigenvalue weighted by Gasteiger charge is 2.34. The minimum absolute atomic E-state index is 0.0257. The molecule has 1 aromatic carbocycles. The van der Waals surface area contributed by atoms with Gasteiger partial charge in [0, 0.05) is 43.1 Å². The van der Waals surface area contributed by atoms with Crippen LogP contribution in [0.15, 0.2) is 16.6 Å². The molecular formula is C17H15BrF4N2O3. The number of rotatable bonds is 3. The second-order valence-corrected chi connectivity index (χ2v) is 7.08. The summed E-state index contributed by atoms with van der Waals surface area (Å²) in [5.41, 5.74) is 0.694. The zero-order chi connectivity index (χ0) is 19.9. The van der Waals surface area contributed by atoms with Crippen LogP contribution >= 0.6 is 15.9 Å². The molecule has 2 heterocycles. The van der Waals surface area contributed by atoms with Crippen molar-refractivity contribution < 1.29 is 31.9 Å². The first-order valence-electron chi connectivity index (χ1n) is 8.04. The third-order valence-electron chi connectivity index (χ3n) is 4.39. The van der Waals surface area contributed by atoms with Crippen molar-refractivity contribution >= 4 is 38.7 Å². The van der Waals surface area contributed by atoms with E-state index in [0.717, 1.165) is 4.57 Å². The standard InChI is InChI=1S/C17H15BrF4N2O3/c1-9(25)27-7-14(26)23-5-4-13-11(6-23)10-2-3-12(18)15(19)16(10)24(13)8-17(20,21)22/h2-3H,4-8H2,1H3. The topological polar surface area (TPSA) is 51.5 Å². The van der Waals surface area contributed by atoms with Crippen molar-refractivity contribution in [2.24, 2.45) is 0 Å². The summed E-state index contributed by atoms with van der Waals surface area (Å²) in [5, 5.41) is 0.333. The number of nitrogens with zero attached hydrogens (tertiary/aromatic N) is 2. The summed E-state index contributed by atoms with van der Waals surface area (Å²) in [6.45, 7) is -0.395. The number of aromatic nitrogens is 1. The minimum atomic E-state index is -4.52. The van der Waals surface area contributed by atoms with Gasteiger partial charge < -0.3 is 14.2 Å². The van der Waals surface area contributed by atoms with Gasteiger partial charge in [-0.05, 0) is 22.0 Å². The molecule has 0 bridgehead atoms. The predicted octanol–water partition coefficient (Wildman–Crippen LogP) is 3.55. The molecule has 2 aromatic rings. The van der Waals surface area contributed by atoms with E-state index in [9.17, 15) is 27.2 Å². The van der Waals surface area contributed by atoms with Crippen LogP contribution in [0.4, 0.5) is 17.6 Å². The fraction of sp³-hybridized carbons (Fsp3) is 0.412. The Hall–Kier alpha value is -2.10. The molecule has 0 atom stereocenters. The maximum atomic E-state index is 14.6. The van der Waals surface area contributed by atoms with Gasteiger partial charge in [-0.15, -0.1) is 0 Å².